The Morgan fingerprint density at radius 1 is 1.33 bits per heavy atom. The quantitative estimate of drug-likeness (QED) is 0.745. The van der Waals surface area contributed by atoms with Crippen LogP contribution in [0.5, 0.6) is 0 Å². The first-order valence-electron chi connectivity index (χ1n) is 7.52. The van der Waals surface area contributed by atoms with Crippen LogP contribution in [0.4, 0.5) is 10.8 Å². The molecule has 0 aliphatic carbocycles. The van der Waals surface area contributed by atoms with Gasteiger partial charge in [0.2, 0.25) is 5.91 Å². The summed E-state index contributed by atoms with van der Waals surface area (Å²) in [6, 6.07) is 5.71. The molecule has 1 aliphatic rings. The topological polar surface area (TPSA) is 98.1 Å². The highest BCUT2D eigenvalue weighted by atomic mass is 32.1. The van der Waals surface area contributed by atoms with Crippen LogP contribution in [-0.2, 0) is 16.1 Å². The minimum atomic E-state index is -0.181. The van der Waals surface area contributed by atoms with Gasteiger partial charge in [0.25, 0.3) is 0 Å². The smallest absolute Gasteiger partial charge is 0.246 e. The number of amides is 1. The predicted octanol–water partition coefficient (Wildman–Crippen LogP) is 0.758. The molecule has 0 unspecified atom stereocenters. The zero-order valence-electron chi connectivity index (χ0n) is 12.8. The molecule has 3 heterocycles. The number of ether oxygens (including phenoxy) is 1. The number of carbonyl (C=O) groups is 1. The first-order chi connectivity index (χ1) is 11.8. The summed E-state index contributed by atoms with van der Waals surface area (Å²) in [4.78, 5) is 18.9. The van der Waals surface area contributed by atoms with E-state index in [2.05, 4.69) is 30.7 Å². The monoisotopic (exact) mass is 345 g/mol. The third-order valence-electron chi connectivity index (χ3n) is 3.64. The van der Waals surface area contributed by atoms with Gasteiger partial charge in [-0.1, -0.05) is 11.3 Å². The third-order valence-corrected chi connectivity index (χ3v) is 4.72. The summed E-state index contributed by atoms with van der Waals surface area (Å²) < 4.78 is 7.78. The maximum Gasteiger partial charge on any atom is 0.246 e. The van der Waals surface area contributed by atoms with Crippen molar-refractivity contribution in [2.75, 3.05) is 36.5 Å². The van der Waals surface area contributed by atoms with Crippen molar-refractivity contribution in [1.82, 2.24) is 25.2 Å². The fraction of sp³-hybridized carbons (Fsp3) is 0.357. The van der Waals surface area contributed by atoms with Gasteiger partial charge in [-0.3, -0.25) is 4.79 Å². The molecule has 4 rings (SSSR count). The zero-order chi connectivity index (χ0) is 16.4. The number of aromatic nitrogens is 5. The van der Waals surface area contributed by atoms with E-state index in [0.717, 1.165) is 47.3 Å². The van der Waals surface area contributed by atoms with Crippen molar-refractivity contribution < 1.29 is 9.53 Å². The maximum absolute atomic E-state index is 12.0. The summed E-state index contributed by atoms with van der Waals surface area (Å²) in [5.74, 6) is -0.181. The Morgan fingerprint density at radius 3 is 3.00 bits per heavy atom. The Hall–Kier alpha value is -2.59. The number of nitrogens with one attached hydrogen (secondary N) is 1. The standard InChI is InChI=1S/C14H15N7O2S/c22-13(8-21-9-15-18-19-21)16-10-1-2-11-12(7-10)24-14(17-11)20-3-5-23-6-4-20/h1-2,7,9H,3-6,8H2,(H,16,22). The van der Waals surface area contributed by atoms with Crippen molar-refractivity contribution in [2.24, 2.45) is 0 Å². The maximum atomic E-state index is 12.0. The van der Waals surface area contributed by atoms with Gasteiger partial charge in [-0.2, -0.15) is 0 Å². The molecule has 1 N–H and O–H groups in total. The summed E-state index contributed by atoms with van der Waals surface area (Å²) in [5.41, 5.74) is 1.66. The highest BCUT2D eigenvalue weighted by Crippen LogP contribution is 2.31. The van der Waals surface area contributed by atoms with E-state index in [0.29, 0.717) is 0 Å². The van der Waals surface area contributed by atoms with Crippen molar-refractivity contribution in [3.8, 4) is 0 Å². The molecule has 24 heavy (non-hydrogen) atoms. The van der Waals surface area contributed by atoms with E-state index in [9.17, 15) is 4.79 Å². The van der Waals surface area contributed by atoms with Crippen LogP contribution in [0.1, 0.15) is 0 Å². The van der Waals surface area contributed by atoms with Crippen LogP contribution in [0, 0.1) is 0 Å². The number of fused-ring (bicyclic) bond motifs is 1. The summed E-state index contributed by atoms with van der Waals surface area (Å²) >= 11 is 1.62. The molecule has 0 bridgehead atoms. The zero-order valence-corrected chi connectivity index (χ0v) is 13.6. The van der Waals surface area contributed by atoms with Crippen LogP contribution in [0.25, 0.3) is 10.2 Å². The molecule has 1 fully saturated rings. The second-order valence-electron chi connectivity index (χ2n) is 5.33. The number of benzene rings is 1. The van der Waals surface area contributed by atoms with Gasteiger partial charge in [0.1, 0.15) is 12.9 Å². The summed E-state index contributed by atoms with van der Waals surface area (Å²) in [6.45, 7) is 3.25. The Balaban J connectivity index is 1.49. The number of nitrogens with zero attached hydrogens (tertiary/aromatic N) is 6. The molecule has 0 spiro atoms. The fourth-order valence-electron chi connectivity index (χ4n) is 2.48. The van der Waals surface area contributed by atoms with Crippen molar-refractivity contribution >= 4 is 38.3 Å². The van der Waals surface area contributed by atoms with Crippen molar-refractivity contribution in [1.29, 1.82) is 0 Å². The predicted molar refractivity (Wildman–Crippen MR) is 89.1 cm³/mol. The number of anilines is 2. The van der Waals surface area contributed by atoms with Crippen LogP contribution in [0.15, 0.2) is 24.5 Å². The molecule has 1 saturated heterocycles. The largest absolute Gasteiger partial charge is 0.378 e. The number of morpholine rings is 1. The second-order valence-corrected chi connectivity index (χ2v) is 6.34. The lowest BCUT2D eigenvalue weighted by molar-refractivity contribution is -0.116. The van der Waals surface area contributed by atoms with Crippen molar-refractivity contribution in [2.45, 2.75) is 6.54 Å². The lowest BCUT2D eigenvalue weighted by Gasteiger charge is -2.25. The average Bonchev–Trinajstić information content (AvgIpc) is 3.24. The molecule has 0 atom stereocenters. The first-order valence-corrected chi connectivity index (χ1v) is 8.33. The molecule has 124 valence electrons. The van der Waals surface area contributed by atoms with E-state index < -0.39 is 0 Å². The van der Waals surface area contributed by atoms with Gasteiger partial charge >= 0.3 is 0 Å². The summed E-state index contributed by atoms with van der Waals surface area (Å²) in [5, 5.41) is 14.5. The number of carbonyl (C=O) groups excluding carboxylic acids is 1. The lowest BCUT2D eigenvalue weighted by atomic mass is 10.3. The van der Waals surface area contributed by atoms with E-state index in [-0.39, 0.29) is 12.5 Å². The van der Waals surface area contributed by atoms with E-state index >= 15 is 0 Å². The lowest BCUT2D eigenvalue weighted by Crippen LogP contribution is -2.36. The van der Waals surface area contributed by atoms with E-state index in [4.69, 9.17) is 4.74 Å². The summed E-state index contributed by atoms with van der Waals surface area (Å²) in [6.07, 6.45) is 1.40. The fourth-order valence-corrected chi connectivity index (χ4v) is 3.54. The van der Waals surface area contributed by atoms with Gasteiger partial charge < -0.3 is 15.0 Å². The van der Waals surface area contributed by atoms with Gasteiger partial charge in [-0.25, -0.2) is 9.67 Å². The molecule has 10 heteroatoms. The number of rotatable bonds is 4. The molecule has 0 saturated carbocycles. The van der Waals surface area contributed by atoms with E-state index in [1.54, 1.807) is 11.3 Å². The number of hydrogen-bond donors (Lipinski definition) is 1. The van der Waals surface area contributed by atoms with Gasteiger partial charge in [-0.05, 0) is 28.6 Å². The third kappa shape index (κ3) is 3.19. The molecule has 1 aliphatic heterocycles. The summed E-state index contributed by atoms with van der Waals surface area (Å²) in [7, 11) is 0. The number of thiazole rings is 1. The van der Waals surface area contributed by atoms with E-state index in [1.807, 2.05) is 18.2 Å². The molecule has 1 amide bonds. The minimum Gasteiger partial charge on any atom is -0.378 e. The van der Waals surface area contributed by atoms with Gasteiger partial charge in [-0.15, -0.1) is 5.10 Å². The average molecular weight is 345 g/mol. The molecular weight excluding hydrogens is 330 g/mol. The van der Waals surface area contributed by atoms with Gasteiger partial charge in [0, 0.05) is 18.8 Å². The number of tetrazole rings is 1. The van der Waals surface area contributed by atoms with Crippen LogP contribution in [0.2, 0.25) is 0 Å². The van der Waals surface area contributed by atoms with Crippen LogP contribution < -0.4 is 10.2 Å². The van der Waals surface area contributed by atoms with Gasteiger partial charge in [0.15, 0.2) is 5.13 Å². The molecule has 2 aromatic heterocycles. The number of hydrogen-bond acceptors (Lipinski definition) is 8. The van der Waals surface area contributed by atoms with E-state index in [1.165, 1.54) is 11.0 Å². The van der Waals surface area contributed by atoms with Crippen LogP contribution in [0.3, 0.4) is 0 Å². The van der Waals surface area contributed by atoms with Gasteiger partial charge in [0.05, 0.1) is 23.4 Å². The first kappa shape index (κ1) is 15.0. The Morgan fingerprint density at radius 2 is 2.21 bits per heavy atom. The van der Waals surface area contributed by atoms with Crippen molar-refractivity contribution in [3.05, 3.63) is 24.5 Å². The highest BCUT2D eigenvalue weighted by molar-refractivity contribution is 7.22. The second kappa shape index (κ2) is 6.49. The minimum absolute atomic E-state index is 0.0761. The molecule has 9 nitrogen and oxygen atoms in total. The molecular formula is C14H15N7O2S. The van der Waals surface area contributed by atoms with Crippen LogP contribution >= 0.6 is 11.3 Å². The molecule has 3 aromatic rings. The molecule has 1 aromatic carbocycles. The highest BCUT2D eigenvalue weighted by Gasteiger charge is 2.15. The molecule has 0 radical (unpaired) electrons. The normalized spacial score (nSPS) is 14.9. The van der Waals surface area contributed by atoms with Crippen LogP contribution in [-0.4, -0.2) is 57.4 Å². The Kier molecular flexibility index (Phi) is 4.05. The van der Waals surface area contributed by atoms with Crippen molar-refractivity contribution in [3.63, 3.8) is 0 Å². The SMILES string of the molecule is O=C(Cn1cnnn1)Nc1ccc2nc(N3CCOCC3)sc2c1. The Bertz CT molecular complexity index is 842. The Labute approximate surface area is 141 Å².